The lowest BCUT2D eigenvalue weighted by atomic mass is 9.93. The summed E-state index contributed by atoms with van der Waals surface area (Å²) in [5.41, 5.74) is 1.82. The Morgan fingerprint density at radius 1 is 1.06 bits per heavy atom. The Labute approximate surface area is 208 Å². The average molecular weight is 519 g/mol. The van der Waals surface area contributed by atoms with Gasteiger partial charge in [-0.05, 0) is 61.1 Å². The third kappa shape index (κ3) is 4.53. The first-order chi connectivity index (χ1) is 16.2. The van der Waals surface area contributed by atoms with Gasteiger partial charge in [-0.3, -0.25) is 4.79 Å². The van der Waals surface area contributed by atoms with Crippen molar-refractivity contribution >= 4 is 38.8 Å². The number of sulfone groups is 1. The van der Waals surface area contributed by atoms with E-state index in [1.165, 1.54) is 0 Å². The molecule has 0 radical (unpaired) electrons. The average Bonchev–Trinajstić information content (AvgIpc) is 3.73. The van der Waals surface area contributed by atoms with Crippen molar-refractivity contribution in [3.05, 3.63) is 74.8 Å². The molecule has 3 aromatic rings. The van der Waals surface area contributed by atoms with Crippen molar-refractivity contribution in [3.8, 4) is 0 Å². The van der Waals surface area contributed by atoms with Crippen LogP contribution in [0.3, 0.4) is 0 Å². The van der Waals surface area contributed by atoms with E-state index in [1.807, 2.05) is 0 Å². The van der Waals surface area contributed by atoms with Crippen LogP contribution in [0.2, 0.25) is 10.0 Å². The van der Waals surface area contributed by atoms with Crippen LogP contribution in [0.25, 0.3) is 0 Å². The molecule has 0 bridgehead atoms. The standard InChI is InChI=1S/C25H24Cl2N2O4S/c1-2-34(31,32)19-7-3-15(4-8-19)11-18(30)12-16-13-20(26)22(21(27)14-16)25(9-10-25)24-28-23(29-33-24)17-5-6-17/h3-4,7-8,13-14,17H,2,5-6,9-12H2,1H3. The molecule has 0 amide bonds. The van der Waals surface area contributed by atoms with Crippen molar-refractivity contribution in [1.82, 2.24) is 10.1 Å². The molecule has 0 atom stereocenters. The van der Waals surface area contributed by atoms with Crippen LogP contribution in [0.4, 0.5) is 0 Å². The zero-order valence-corrected chi connectivity index (χ0v) is 21.0. The summed E-state index contributed by atoms with van der Waals surface area (Å²) in [6, 6.07) is 10.0. The van der Waals surface area contributed by atoms with Gasteiger partial charge in [0.1, 0.15) is 5.78 Å². The first kappa shape index (κ1) is 23.5. The first-order valence-corrected chi connectivity index (χ1v) is 13.8. The Balaban J connectivity index is 1.30. The second-order valence-corrected chi connectivity index (χ2v) is 12.3. The summed E-state index contributed by atoms with van der Waals surface area (Å²) in [6.07, 6.45) is 4.23. The third-order valence-electron chi connectivity index (χ3n) is 6.59. The van der Waals surface area contributed by atoms with Crippen molar-refractivity contribution in [1.29, 1.82) is 0 Å². The van der Waals surface area contributed by atoms with E-state index in [0.29, 0.717) is 21.9 Å². The summed E-state index contributed by atoms with van der Waals surface area (Å²) in [7, 11) is -3.26. The second-order valence-electron chi connectivity index (χ2n) is 9.19. The monoisotopic (exact) mass is 518 g/mol. The lowest BCUT2D eigenvalue weighted by Crippen LogP contribution is -2.12. The fourth-order valence-electron chi connectivity index (χ4n) is 4.32. The Hall–Kier alpha value is -2.22. The smallest absolute Gasteiger partial charge is 0.237 e. The highest BCUT2D eigenvalue weighted by atomic mass is 35.5. The van der Waals surface area contributed by atoms with E-state index in [4.69, 9.17) is 27.7 Å². The van der Waals surface area contributed by atoms with Gasteiger partial charge >= 0.3 is 0 Å². The largest absolute Gasteiger partial charge is 0.338 e. The highest BCUT2D eigenvalue weighted by molar-refractivity contribution is 7.91. The van der Waals surface area contributed by atoms with Crippen LogP contribution in [0.5, 0.6) is 0 Å². The molecule has 0 N–H and O–H groups in total. The number of rotatable bonds is 9. The fraction of sp³-hybridized carbons (Fsp3) is 0.400. The zero-order chi connectivity index (χ0) is 24.1. The number of carbonyl (C=O) groups is 1. The molecule has 5 rings (SSSR count). The molecule has 2 fully saturated rings. The predicted molar refractivity (Wildman–Crippen MR) is 129 cm³/mol. The molecule has 9 heteroatoms. The van der Waals surface area contributed by atoms with E-state index in [9.17, 15) is 13.2 Å². The van der Waals surface area contributed by atoms with Gasteiger partial charge in [-0.25, -0.2) is 8.42 Å². The van der Waals surface area contributed by atoms with E-state index in [1.54, 1.807) is 43.3 Å². The highest BCUT2D eigenvalue weighted by Gasteiger charge is 2.53. The molecule has 1 aromatic heterocycles. The molecule has 0 saturated heterocycles. The quantitative estimate of drug-likeness (QED) is 0.372. The molecule has 0 aliphatic heterocycles. The lowest BCUT2D eigenvalue weighted by molar-refractivity contribution is -0.117. The van der Waals surface area contributed by atoms with Crippen LogP contribution in [0, 0.1) is 0 Å². The summed E-state index contributed by atoms with van der Waals surface area (Å²) in [5, 5.41) is 5.13. The molecule has 0 unspecified atom stereocenters. The zero-order valence-electron chi connectivity index (χ0n) is 18.7. The molecule has 34 heavy (non-hydrogen) atoms. The predicted octanol–water partition coefficient (Wildman–Crippen LogP) is 5.48. The maximum Gasteiger partial charge on any atom is 0.237 e. The van der Waals surface area contributed by atoms with Crippen LogP contribution in [0.15, 0.2) is 45.8 Å². The van der Waals surface area contributed by atoms with Crippen LogP contribution >= 0.6 is 23.2 Å². The highest BCUT2D eigenvalue weighted by Crippen LogP contribution is 2.57. The van der Waals surface area contributed by atoms with Crippen LogP contribution in [-0.4, -0.2) is 30.1 Å². The minimum Gasteiger partial charge on any atom is -0.338 e. The van der Waals surface area contributed by atoms with Gasteiger partial charge in [-0.2, -0.15) is 4.98 Å². The van der Waals surface area contributed by atoms with Gasteiger partial charge in [-0.15, -0.1) is 0 Å². The van der Waals surface area contributed by atoms with Gasteiger partial charge in [0.2, 0.25) is 5.89 Å². The topological polar surface area (TPSA) is 90.1 Å². The molecular weight excluding hydrogens is 495 g/mol. The number of hydrogen-bond donors (Lipinski definition) is 0. The van der Waals surface area contributed by atoms with Gasteiger partial charge < -0.3 is 4.52 Å². The van der Waals surface area contributed by atoms with Gasteiger partial charge in [0.25, 0.3) is 0 Å². The molecule has 2 aliphatic rings. The Morgan fingerprint density at radius 2 is 1.68 bits per heavy atom. The van der Waals surface area contributed by atoms with E-state index in [-0.39, 0.29) is 29.3 Å². The van der Waals surface area contributed by atoms with Gasteiger partial charge in [0.05, 0.1) is 16.1 Å². The molecular formula is C25H24Cl2N2O4S. The molecule has 2 aromatic carbocycles. The molecule has 0 spiro atoms. The minimum absolute atomic E-state index is 0.0157. The number of Topliss-reactive ketones (excluding diaryl/α,β-unsaturated/α-hetero) is 1. The van der Waals surface area contributed by atoms with Crippen LogP contribution in [0.1, 0.15) is 66.9 Å². The summed E-state index contributed by atoms with van der Waals surface area (Å²) in [5.74, 6) is 1.75. The fourth-order valence-corrected chi connectivity index (χ4v) is 6.09. The molecule has 2 aliphatic carbocycles. The van der Waals surface area contributed by atoms with E-state index >= 15 is 0 Å². The maximum atomic E-state index is 12.7. The Kier molecular flexibility index (Phi) is 6.07. The lowest BCUT2D eigenvalue weighted by Gasteiger charge is -2.16. The van der Waals surface area contributed by atoms with Crippen molar-refractivity contribution in [2.24, 2.45) is 0 Å². The number of nitrogens with zero attached hydrogens (tertiary/aromatic N) is 2. The number of benzene rings is 2. The second kappa shape index (κ2) is 8.77. The Bertz CT molecular complexity index is 1330. The van der Waals surface area contributed by atoms with Crippen molar-refractivity contribution in [3.63, 3.8) is 0 Å². The van der Waals surface area contributed by atoms with Crippen molar-refractivity contribution < 1.29 is 17.7 Å². The SMILES string of the molecule is CCS(=O)(=O)c1ccc(CC(=O)Cc2cc(Cl)c(C3(c4nc(C5CC5)no4)CC3)c(Cl)c2)cc1. The normalized spacial score (nSPS) is 17.0. The van der Waals surface area contributed by atoms with Crippen molar-refractivity contribution in [2.45, 2.75) is 61.7 Å². The van der Waals surface area contributed by atoms with Gasteiger partial charge in [0, 0.05) is 34.4 Å². The van der Waals surface area contributed by atoms with E-state index < -0.39 is 15.3 Å². The van der Waals surface area contributed by atoms with E-state index in [0.717, 1.165) is 48.2 Å². The van der Waals surface area contributed by atoms with Gasteiger partial charge in [0.15, 0.2) is 15.7 Å². The number of hydrogen-bond acceptors (Lipinski definition) is 6. The van der Waals surface area contributed by atoms with Crippen molar-refractivity contribution in [2.75, 3.05) is 5.75 Å². The summed E-state index contributed by atoms with van der Waals surface area (Å²) >= 11 is 13.3. The number of halogens is 2. The number of aromatic nitrogens is 2. The van der Waals surface area contributed by atoms with E-state index in [2.05, 4.69) is 10.1 Å². The number of carbonyl (C=O) groups excluding carboxylic acids is 1. The molecule has 6 nitrogen and oxygen atoms in total. The molecule has 2 saturated carbocycles. The van der Waals surface area contributed by atoms with Crippen LogP contribution < -0.4 is 0 Å². The summed E-state index contributed by atoms with van der Waals surface area (Å²) < 4.78 is 29.5. The molecule has 178 valence electrons. The summed E-state index contributed by atoms with van der Waals surface area (Å²) in [6.45, 7) is 1.60. The Morgan fingerprint density at radius 3 is 2.24 bits per heavy atom. The first-order valence-electron chi connectivity index (χ1n) is 11.4. The van der Waals surface area contributed by atoms with Gasteiger partial charge in [-0.1, -0.05) is 47.4 Å². The van der Waals surface area contributed by atoms with Crippen LogP contribution in [-0.2, 0) is 32.9 Å². The maximum absolute atomic E-state index is 12.7. The summed E-state index contributed by atoms with van der Waals surface area (Å²) in [4.78, 5) is 17.6. The number of ketones is 1. The third-order valence-corrected chi connectivity index (χ3v) is 8.94. The molecule has 1 heterocycles. The minimum atomic E-state index is -3.26.